The van der Waals surface area contributed by atoms with Crippen LogP contribution in [0.4, 0.5) is 11.5 Å². The van der Waals surface area contributed by atoms with E-state index in [2.05, 4.69) is 27.3 Å². The van der Waals surface area contributed by atoms with E-state index in [0.29, 0.717) is 18.2 Å². The molecule has 2 bridgehead atoms. The summed E-state index contributed by atoms with van der Waals surface area (Å²) in [5.74, 6) is 2.38. The van der Waals surface area contributed by atoms with Gasteiger partial charge >= 0.3 is 0 Å². The zero-order valence-electron chi connectivity index (χ0n) is 18.1. The molecule has 3 N–H and O–H groups in total. The number of carbonyl (C=O) groups excluding carboxylic acids is 1. The highest BCUT2D eigenvalue weighted by Crippen LogP contribution is 2.51. The van der Waals surface area contributed by atoms with Gasteiger partial charge < -0.3 is 20.7 Å². The molecule has 2 aromatic carbocycles. The van der Waals surface area contributed by atoms with Crippen molar-refractivity contribution in [3.05, 3.63) is 59.8 Å². The van der Waals surface area contributed by atoms with Crippen molar-refractivity contribution in [1.29, 1.82) is 0 Å². The summed E-state index contributed by atoms with van der Waals surface area (Å²) in [5.41, 5.74) is 9.33. The SMILES string of the molecule is Nc1nccc2c(NCC34CC(CN3C(=O)Cc3ccc5c(c3)CCCO5)C4)cccc12. The van der Waals surface area contributed by atoms with E-state index >= 15 is 0 Å². The summed E-state index contributed by atoms with van der Waals surface area (Å²) < 4.78 is 5.72. The van der Waals surface area contributed by atoms with Crippen LogP contribution in [0.5, 0.6) is 5.75 Å². The smallest absolute Gasteiger partial charge is 0.227 e. The lowest BCUT2D eigenvalue weighted by Gasteiger charge is -2.42. The number of rotatable bonds is 5. The maximum atomic E-state index is 13.3. The Morgan fingerprint density at radius 2 is 2.12 bits per heavy atom. The summed E-state index contributed by atoms with van der Waals surface area (Å²) in [6.45, 7) is 2.42. The highest BCUT2D eigenvalue weighted by molar-refractivity contribution is 5.99. The number of nitrogen functional groups attached to an aromatic ring is 1. The molecule has 3 aromatic rings. The monoisotopic (exact) mass is 428 g/mol. The van der Waals surface area contributed by atoms with E-state index < -0.39 is 0 Å². The fourth-order valence-corrected chi connectivity index (χ4v) is 5.86. The number of benzene rings is 2. The molecular weight excluding hydrogens is 400 g/mol. The van der Waals surface area contributed by atoms with Crippen molar-refractivity contribution in [1.82, 2.24) is 9.88 Å². The molecule has 32 heavy (non-hydrogen) atoms. The topological polar surface area (TPSA) is 80.5 Å². The standard InChI is InChI=1S/C26H28N4O2/c27-25-21-4-1-5-22(20(21)8-9-28-25)29-16-26-13-18(14-26)15-30(26)24(31)12-17-6-7-23-19(11-17)3-2-10-32-23/h1,4-9,11,18,29H,2-3,10,12-16H2,(H2,27,28). The second kappa shape index (κ2) is 7.40. The van der Waals surface area contributed by atoms with E-state index in [1.54, 1.807) is 6.20 Å². The van der Waals surface area contributed by atoms with Gasteiger partial charge in [0.15, 0.2) is 0 Å². The first kappa shape index (κ1) is 19.4. The number of pyridine rings is 1. The van der Waals surface area contributed by atoms with Gasteiger partial charge in [-0.3, -0.25) is 4.79 Å². The van der Waals surface area contributed by atoms with E-state index in [-0.39, 0.29) is 11.4 Å². The van der Waals surface area contributed by atoms with E-state index in [9.17, 15) is 4.79 Å². The van der Waals surface area contributed by atoms with Crippen molar-refractivity contribution in [3.63, 3.8) is 0 Å². The molecular formula is C26H28N4O2. The Balaban J connectivity index is 1.18. The van der Waals surface area contributed by atoms with Crippen LogP contribution in [0.2, 0.25) is 0 Å². The van der Waals surface area contributed by atoms with E-state index in [1.807, 2.05) is 30.3 Å². The van der Waals surface area contributed by atoms with Gasteiger partial charge in [-0.2, -0.15) is 0 Å². The molecule has 3 aliphatic heterocycles. The molecule has 1 aromatic heterocycles. The molecule has 1 saturated carbocycles. The maximum Gasteiger partial charge on any atom is 0.227 e. The molecule has 6 nitrogen and oxygen atoms in total. The average molecular weight is 429 g/mol. The third kappa shape index (κ3) is 3.17. The number of ether oxygens (including phenoxy) is 1. The molecule has 3 fully saturated rings. The Morgan fingerprint density at radius 3 is 3.03 bits per heavy atom. The van der Waals surface area contributed by atoms with Gasteiger partial charge in [0.25, 0.3) is 0 Å². The molecule has 1 amide bonds. The third-order valence-electron chi connectivity index (χ3n) is 7.42. The summed E-state index contributed by atoms with van der Waals surface area (Å²) >= 11 is 0. The normalized spacial score (nSPS) is 23.4. The number of nitrogens with zero attached hydrogens (tertiary/aromatic N) is 2. The van der Waals surface area contributed by atoms with Gasteiger partial charge in [-0.1, -0.05) is 24.3 Å². The Bertz CT molecular complexity index is 1200. The zero-order valence-corrected chi connectivity index (χ0v) is 18.1. The Morgan fingerprint density at radius 1 is 1.22 bits per heavy atom. The number of hydrogen-bond donors (Lipinski definition) is 2. The summed E-state index contributed by atoms with van der Waals surface area (Å²) in [4.78, 5) is 19.7. The van der Waals surface area contributed by atoms with Crippen molar-refractivity contribution < 1.29 is 9.53 Å². The first-order chi connectivity index (χ1) is 15.6. The molecule has 0 unspecified atom stereocenters. The second-order valence-corrected chi connectivity index (χ2v) is 9.52. The summed E-state index contributed by atoms with van der Waals surface area (Å²) in [5, 5.41) is 5.66. The average Bonchev–Trinajstić information content (AvgIpc) is 3.34. The van der Waals surface area contributed by atoms with Gasteiger partial charge in [-0.05, 0) is 60.9 Å². The molecule has 1 aliphatic carbocycles. The number of amides is 1. The number of nitrogens with one attached hydrogen (secondary N) is 1. The molecule has 0 atom stereocenters. The van der Waals surface area contributed by atoms with Gasteiger partial charge in [0, 0.05) is 35.7 Å². The first-order valence-electron chi connectivity index (χ1n) is 11.5. The van der Waals surface area contributed by atoms with Crippen LogP contribution in [0.15, 0.2) is 48.7 Å². The second-order valence-electron chi connectivity index (χ2n) is 9.52. The molecule has 7 rings (SSSR count). The fraction of sp³-hybridized carbons (Fsp3) is 0.385. The first-order valence-corrected chi connectivity index (χ1v) is 11.5. The fourth-order valence-electron chi connectivity index (χ4n) is 5.86. The minimum Gasteiger partial charge on any atom is -0.493 e. The van der Waals surface area contributed by atoms with Crippen molar-refractivity contribution in [3.8, 4) is 5.75 Å². The number of hydrogen-bond acceptors (Lipinski definition) is 5. The minimum atomic E-state index is -0.0835. The van der Waals surface area contributed by atoms with Crippen molar-refractivity contribution >= 4 is 28.2 Å². The van der Waals surface area contributed by atoms with Gasteiger partial charge in [0.2, 0.25) is 5.91 Å². The number of anilines is 2. The third-order valence-corrected chi connectivity index (χ3v) is 7.42. The summed E-state index contributed by atoms with van der Waals surface area (Å²) in [6.07, 6.45) is 6.44. The molecule has 6 heteroatoms. The van der Waals surface area contributed by atoms with Crippen LogP contribution in [-0.4, -0.2) is 41.0 Å². The minimum absolute atomic E-state index is 0.0835. The lowest BCUT2D eigenvalue weighted by Crippen LogP contribution is -2.53. The van der Waals surface area contributed by atoms with Gasteiger partial charge in [0.1, 0.15) is 11.6 Å². The number of carbonyl (C=O) groups is 1. The van der Waals surface area contributed by atoms with Crippen LogP contribution >= 0.6 is 0 Å². The van der Waals surface area contributed by atoms with Crippen LogP contribution in [0.1, 0.15) is 30.4 Å². The Kier molecular flexibility index (Phi) is 4.49. The van der Waals surface area contributed by atoms with E-state index in [0.717, 1.165) is 73.2 Å². The highest BCUT2D eigenvalue weighted by atomic mass is 16.5. The molecule has 164 valence electrons. The van der Waals surface area contributed by atoms with Gasteiger partial charge in [-0.15, -0.1) is 0 Å². The number of nitrogens with two attached hydrogens (primary N) is 1. The molecule has 4 aliphatic rings. The van der Waals surface area contributed by atoms with Crippen molar-refractivity contribution in [2.24, 2.45) is 5.92 Å². The summed E-state index contributed by atoms with van der Waals surface area (Å²) in [6, 6.07) is 14.3. The maximum absolute atomic E-state index is 13.3. The Labute approximate surface area is 187 Å². The van der Waals surface area contributed by atoms with Crippen molar-refractivity contribution in [2.75, 3.05) is 30.7 Å². The lowest BCUT2D eigenvalue weighted by atomic mass is 9.73. The van der Waals surface area contributed by atoms with Crippen LogP contribution in [0.3, 0.4) is 0 Å². The van der Waals surface area contributed by atoms with Gasteiger partial charge in [-0.25, -0.2) is 4.98 Å². The molecule has 2 saturated heterocycles. The van der Waals surface area contributed by atoms with Crippen LogP contribution in [0, 0.1) is 5.92 Å². The largest absolute Gasteiger partial charge is 0.493 e. The summed E-state index contributed by atoms with van der Waals surface area (Å²) in [7, 11) is 0. The highest BCUT2D eigenvalue weighted by Gasteiger charge is 2.57. The predicted molar refractivity (Wildman–Crippen MR) is 126 cm³/mol. The van der Waals surface area contributed by atoms with Crippen molar-refractivity contribution in [2.45, 2.75) is 37.6 Å². The number of aryl methyl sites for hydroxylation is 1. The quantitative estimate of drug-likeness (QED) is 0.646. The lowest BCUT2D eigenvalue weighted by molar-refractivity contribution is -0.133. The van der Waals surface area contributed by atoms with Gasteiger partial charge in [0.05, 0.1) is 18.6 Å². The Hall–Kier alpha value is -3.28. The van der Waals surface area contributed by atoms with Crippen LogP contribution < -0.4 is 15.8 Å². The van der Waals surface area contributed by atoms with Crippen LogP contribution in [0.25, 0.3) is 10.8 Å². The predicted octanol–water partition coefficient (Wildman–Crippen LogP) is 3.79. The van der Waals surface area contributed by atoms with E-state index in [4.69, 9.17) is 10.5 Å². The molecule has 4 heterocycles. The molecule has 0 radical (unpaired) electrons. The van der Waals surface area contributed by atoms with E-state index in [1.165, 1.54) is 5.56 Å². The number of aromatic nitrogens is 1. The van der Waals surface area contributed by atoms with Crippen LogP contribution in [-0.2, 0) is 17.6 Å². The molecule has 0 spiro atoms. The number of fused-ring (bicyclic) bond motifs is 3. The zero-order chi connectivity index (χ0) is 21.7.